The molecule has 208 valence electrons. The van der Waals surface area contributed by atoms with Gasteiger partial charge in [-0.1, -0.05) is 48.9 Å². The van der Waals surface area contributed by atoms with Gasteiger partial charge in [0.1, 0.15) is 10.1 Å². The summed E-state index contributed by atoms with van der Waals surface area (Å²) >= 11 is 0. The fourth-order valence-electron chi connectivity index (χ4n) is 4.73. The number of carbonyl (C=O) groups is 2. The monoisotopic (exact) mass is 551 g/mol. The number of quaternary nitrogens is 1. The normalized spacial score (nSPS) is 12.7. The van der Waals surface area contributed by atoms with Crippen molar-refractivity contribution in [3.05, 3.63) is 88.5 Å². The highest BCUT2D eigenvalue weighted by molar-refractivity contribution is 7.85. The molecule has 0 bridgehead atoms. The van der Waals surface area contributed by atoms with Crippen molar-refractivity contribution in [2.45, 2.75) is 31.6 Å². The van der Waals surface area contributed by atoms with E-state index >= 15 is 0 Å². The van der Waals surface area contributed by atoms with Crippen molar-refractivity contribution in [1.29, 1.82) is 0 Å². The second-order valence-electron chi connectivity index (χ2n) is 10.3. The van der Waals surface area contributed by atoms with Gasteiger partial charge in [-0.15, -0.1) is 0 Å². The third-order valence-electron chi connectivity index (χ3n) is 6.74. The standard InChI is InChI=1S/C23H29N3O2.C7H8O3S/c1-5-14-26(3,4)15-8-13-25-19-12-11-18(24-2)20-21(19)23(28)17-10-7-6-9-16(17)22(20)27;1-6-2-4-7(5-3-6)11(8,9)10/h6-7,9-12H,5,8,13-15H2,1-4H3,(H-,24,25,27,28);2-5H,1H3,(H,8,9,10). The Balaban J connectivity index is 0.000000320. The van der Waals surface area contributed by atoms with Crippen LogP contribution in [0.3, 0.4) is 0 Å². The van der Waals surface area contributed by atoms with Crippen LogP contribution in [0.5, 0.6) is 0 Å². The molecule has 0 saturated carbocycles. The summed E-state index contributed by atoms with van der Waals surface area (Å²) in [5.74, 6) is -0.189. The zero-order valence-electron chi connectivity index (χ0n) is 23.2. The largest absolute Gasteiger partial charge is 0.744 e. The second-order valence-corrected chi connectivity index (χ2v) is 11.7. The number of fused-ring (bicyclic) bond motifs is 2. The van der Waals surface area contributed by atoms with Crippen molar-refractivity contribution in [1.82, 2.24) is 0 Å². The Bertz CT molecular complexity index is 1450. The van der Waals surface area contributed by atoms with E-state index in [-0.39, 0.29) is 16.5 Å². The second kappa shape index (κ2) is 12.5. The average Bonchev–Trinajstić information content (AvgIpc) is 2.89. The SMILES string of the molecule is CCC[N+](C)(C)CCCNc1ccc(NC)c2c1C(=O)c1ccccc1C2=O.Cc1ccc(S(=O)(=O)[O-])cc1. The van der Waals surface area contributed by atoms with Gasteiger partial charge in [0.15, 0.2) is 11.6 Å². The number of carbonyl (C=O) groups excluding carboxylic acids is 2. The molecule has 0 radical (unpaired) electrons. The Morgan fingerprint density at radius 1 is 0.821 bits per heavy atom. The number of rotatable bonds is 9. The molecule has 1 aliphatic rings. The van der Waals surface area contributed by atoms with Gasteiger partial charge in [0.25, 0.3) is 0 Å². The average molecular weight is 552 g/mol. The van der Waals surface area contributed by atoms with Gasteiger partial charge < -0.3 is 19.7 Å². The zero-order chi connectivity index (χ0) is 28.8. The quantitative estimate of drug-likeness (QED) is 0.176. The highest BCUT2D eigenvalue weighted by atomic mass is 32.2. The summed E-state index contributed by atoms with van der Waals surface area (Å²) in [7, 11) is 1.99. The molecule has 0 aromatic heterocycles. The fraction of sp³-hybridized carbons (Fsp3) is 0.333. The highest BCUT2D eigenvalue weighted by Gasteiger charge is 2.33. The predicted molar refractivity (Wildman–Crippen MR) is 154 cm³/mol. The van der Waals surface area contributed by atoms with E-state index in [1.807, 2.05) is 19.1 Å². The molecule has 3 aromatic carbocycles. The Morgan fingerprint density at radius 3 is 1.87 bits per heavy atom. The van der Waals surface area contributed by atoms with Crippen LogP contribution in [0.2, 0.25) is 0 Å². The van der Waals surface area contributed by atoms with E-state index in [4.69, 9.17) is 0 Å². The zero-order valence-corrected chi connectivity index (χ0v) is 24.0. The molecule has 39 heavy (non-hydrogen) atoms. The van der Waals surface area contributed by atoms with E-state index in [9.17, 15) is 22.6 Å². The lowest BCUT2D eigenvalue weighted by atomic mass is 9.82. The number of hydrogen-bond acceptors (Lipinski definition) is 7. The first-order valence-corrected chi connectivity index (χ1v) is 14.4. The van der Waals surface area contributed by atoms with Crippen molar-refractivity contribution in [2.75, 3.05) is 51.4 Å². The minimum Gasteiger partial charge on any atom is -0.744 e. The van der Waals surface area contributed by atoms with Crippen molar-refractivity contribution >= 4 is 33.1 Å². The maximum absolute atomic E-state index is 13.2. The van der Waals surface area contributed by atoms with Crippen LogP contribution in [0, 0.1) is 6.92 Å². The van der Waals surface area contributed by atoms with Crippen molar-refractivity contribution in [2.24, 2.45) is 0 Å². The molecule has 0 fully saturated rings. The molecule has 8 nitrogen and oxygen atoms in total. The van der Waals surface area contributed by atoms with Gasteiger partial charge in [0.2, 0.25) is 0 Å². The summed E-state index contributed by atoms with van der Waals surface area (Å²) in [6, 6.07) is 16.6. The van der Waals surface area contributed by atoms with Crippen LogP contribution in [0.25, 0.3) is 0 Å². The van der Waals surface area contributed by atoms with Crippen LogP contribution in [-0.4, -0.2) is 69.8 Å². The Labute approximate surface area is 231 Å². The summed E-state index contributed by atoms with van der Waals surface area (Å²) in [6.07, 6.45) is 2.16. The number of nitrogens with zero attached hydrogens (tertiary/aromatic N) is 1. The lowest BCUT2D eigenvalue weighted by Crippen LogP contribution is -2.41. The molecule has 0 amide bonds. The van der Waals surface area contributed by atoms with Crippen molar-refractivity contribution in [3.8, 4) is 0 Å². The van der Waals surface area contributed by atoms with Crippen LogP contribution >= 0.6 is 0 Å². The summed E-state index contributed by atoms with van der Waals surface area (Å²) in [6.45, 7) is 7.00. The first-order valence-electron chi connectivity index (χ1n) is 13.0. The first kappa shape index (κ1) is 30.0. The van der Waals surface area contributed by atoms with E-state index in [0.717, 1.165) is 48.2 Å². The van der Waals surface area contributed by atoms with Crippen LogP contribution in [0.15, 0.2) is 65.6 Å². The number of hydrogen-bond donors (Lipinski definition) is 2. The number of ketones is 2. The van der Waals surface area contributed by atoms with Gasteiger partial charge in [-0.05, 0) is 37.6 Å². The highest BCUT2D eigenvalue weighted by Crippen LogP contribution is 2.36. The summed E-state index contributed by atoms with van der Waals surface area (Å²) in [5.41, 5.74) is 4.27. The lowest BCUT2D eigenvalue weighted by molar-refractivity contribution is -0.890. The lowest BCUT2D eigenvalue weighted by Gasteiger charge is -2.29. The molecule has 2 N–H and O–H groups in total. The topological polar surface area (TPSA) is 115 Å². The van der Waals surface area contributed by atoms with E-state index in [1.54, 1.807) is 43.4 Å². The molecule has 4 rings (SSSR count). The third kappa shape index (κ3) is 7.32. The van der Waals surface area contributed by atoms with E-state index in [0.29, 0.717) is 27.9 Å². The van der Waals surface area contributed by atoms with Crippen LogP contribution in [-0.2, 0) is 10.1 Å². The Kier molecular flexibility index (Phi) is 9.66. The minimum atomic E-state index is -4.27. The van der Waals surface area contributed by atoms with Crippen molar-refractivity contribution < 1.29 is 27.0 Å². The number of anilines is 2. The smallest absolute Gasteiger partial charge is 0.196 e. The summed E-state index contributed by atoms with van der Waals surface area (Å²) in [4.78, 5) is 26.1. The van der Waals surface area contributed by atoms with E-state index in [1.165, 1.54) is 12.1 Å². The van der Waals surface area contributed by atoms with Crippen molar-refractivity contribution in [3.63, 3.8) is 0 Å². The van der Waals surface area contributed by atoms with Gasteiger partial charge in [-0.3, -0.25) is 9.59 Å². The third-order valence-corrected chi connectivity index (χ3v) is 7.59. The maximum atomic E-state index is 13.2. The number of benzene rings is 3. The molecule has 9 heteroatoms. The molecule has 0 aliphatic heterocycles. The minimum absolute atomic E-state index is 0.0908. The van der Waals surface area contributed by atoms with Crippen LogP contribution in [0.1, 0.15) is 57.2 Å². The van der Waals surface area contributed by atoms with Crippen LogP contribution in [0.4, 0.5) is 11.4 Å². The van der Waals surface area contributed by atoms with Gasteiger partial charge in [0.05, 0.1) is 43.2 Å². The number of nitrogens with one attached hydrogen (secondary N) is 2. The van der Waals surface area contributed by atoms with Crippen LogP contribution < -0.4 is 10.6 Å². The molecule has 0 unspecified atom stereocenters. The molecule has 3 aromatic rings. The Hall–Kier alpha value is -3.53. The van der Waals surface area contributed by atoms with Gasteiger partial charge in [0, 0.05) is 42.5 Å². The molecule has 0 atom stereocenters. The number of aryl methyl sites for hydroxylation is 1. The molecule has 1 aliphatic carbocycles. The Morgan fingerprint density at radius 2 is 1.36 bits per heavy atom. The predicted octanol–water partition coefficient (Wildman–Crippen LogP) is 4.69. The van der Waals surface area contributed by atoms with Gasteiger partial charge in [-0.2, -0.15) is 0 Å². The maximum Gasteiger partial charge on any atom is 0.196 e. The summed E-state index contributed by atoms with van der Waals surface area (Å²) in [5, 5.41) is 6.47. The van der Waals surface area contributed by atoms with E-state index < -0.39 is 10.1 Å². The molecule has 0 heterocycles. The van der Waals surface area contributed by atoms with E-state index in [2.05, 4.69) is 31.7 Å². The first-order chi connectivity index (χ1) is 18.4. The molecule has 0 saturated heterocycles. The molecule has 0 spiro atoms. The fourth-order valence-corrected chi connectivity index (χ4v) is 5.20. The molecular formula is C30H37N3O5S. The summed E-state index contributed by atoms with van der Waals surface area (Å²) < 4.78 is 32.2. The van der Waals surface area contributed by atoms with Gasteiger partial charge in [-0.25, -0.2) is 8.42 Å². The van der Waals surface area contributed by atoms with Gasteiger partial charge >= 0.3 is 0 Å². The molecular weight excluding hydrogens is 514 g/mol.